The van der Waals surface area contributed by atoms with Crippen LogP contribution in [-0.2, 0) is 19.4 Å². The minimum atomic E-state index is 0.269. The van der Waals surface area contributed by atoms with Crippen LogP contribution in [0, 0.1) is 0 Å². The number of aromatic hydroxyl groups is 1. The Morgan fingerprint density at radius 2 is 2.17 bits per heavy atom. The van der Waals surface area contributed by atoms with E-state index in [9.17, 15) is 5.11 Å². The maximum Gasteiger partial charge on any atom is 0.115 e. The van der Waals surface area contributed by atoms with Crippen LogP contribution in [-0.4, -0.2) is 14.7 Å². The molecule has 118 valence electrons. The van der Waals surface area contributed by atoms with Gasteiger partial charge < -0.3 is 15.4 Å². The molecule has 0 saturated heterocycles. The normalized spacial score (nSPS) is 10.8. The number of nitrogens with zero attached hydrogens (tertiary/aromatic N) is 2. The predicted molar refractivity (Wildman–Crippen MR) is 93.6 cm³/mol. The average molecular weight is 325 g/mol. The van der Waals surface area contributed by atoms with E-state index in [-0.39, 0.29) is 5.75 Å². The second kappa shape index (κ2) is 6.71. The molecule has 4 nitrogen and oxygen atoms in total. The summed E-state index contributed by atoms with van der Waals surface area (Å²) in [7, 11) is 0. The van der Waals surface area contributed by atoms with E-state index in [1.54, 1.807) is 23.5 Å². The lowest BCUT2D eigenvalue weighted by Gasteiger charge is -2.10. The van der Waals surface area contributed by atoms with Crippen molar-refractivity contribution in [1.82, 2.24) is 9.55 Å². The van der Waals surface area contributed by atoms with Crippen LogP contribution in [0.1, 0.15) is 22.5 Å². The molecule has 0 aliphatic carbocycles. The number of imidazole rings is 1. The highest BCUT2D eigenvalue weighted by atomic mass is 32.1. The van der Waals surface area contributed by atoms with Gasteiger partial charge in [0.1, 0.15) is 5.75 Å². The van der Waals surface area contributed by atoms with E-state index in [1.807, 2.05) is 18.5 Å². The zero-order valence-corrected chi connectivity index (χ0v) is 13.6. The lowest BCUT2D eigenvalue weighted by Crippen LogP contribution is -2.09. The summed E-state index contributed by atoms with van der Waals surface area (Å²) in [5, 5.41) is 13.8. The highest BCUT2D eigenvalue weighted by molar-refractivity contribution is 7.07. The highest BCUT2D eigenvalue weighted by Crippen LogP contribution is 2.19. The van der Waals surface area contributed by atoms with E-state index in [2.05, 4.69) is 33.0 Å². The van der Waals surface area contributed by atoms with Crippen LogP contribution in [0.3, 0.4) is 0 Å². The van der Waals surface area contributed by atoms with Gasteiger partial charge in [0, 0.05) is 30.8 Å². The molecular weight excluding hydrogens is 306 g/mol. The Balaban J connectivity index is 1.89. The van der Waals surface area contributed by atoms with Crippen molar-refractivity contribution in [2.24, 2.45) is 5.73 Å². The van der Waals surface area contributed by atoms with Gasteiger partial charge in [-0.05, 0) is 40.1 Å². The second-order valence-electron chi connectivity index (χ2n) is 5.58. The van der Waals surface area contributed by atoms with E-state index >= 15 is 0 Å². The first-order valence-electron chi connectivity index (χ1n) is 7.37. The number of hydrogen-bond donors (Lipinski definition) is 2. The molecule has 0 saturated carbocycles. The van der Waals surface area contributed by atoms with Gasteiger partial charge in [0.15, 0.2) is 0 Å². The number of nitrogens with two attached hydrogens (primary N) is 1. The van der Waals surface area contributed by atoms with Crippen LogP contribution in [0.15, 0.2) is 59.7 Å². The highest BCUT2D eigenvalue weighted by Gasteiger charge is 2.13. The Hall–Kier alpha value is -2.53. The molecule has 1 aromatic carbocycles. The summed E-state index contributed by atoms with van der Waals surface area (Å²) in [5.74, 6) is 0.269. The van der Waals surface area contributed by atoms with Crippen molar-refractivity contribution in [1.29, 1.82) is 0 Å². The maximum absolute atomic E-state index is 9.62. The van der Waals surface area contributed by atoms with Crippen LogP contribution in [0.5, 0.6) is 5.75 Å². The first kappa shape index (κ1) is 15.4. The van der Waals surface area contributed by atoms with Crippen LogP contribution in [0.2, 0.25) is 0 Å². The fraction of sp³-hybridized carbons (Fsp3) is 0.167. The van der Waals surface area contributed by atoms with Crippen molar-refractivity contribution in [3.63, 3.8) is 0 Å². The third-order valence-electron chi connectivity index (χ3n) is 3.64. The molecule has 0 atom stereocenters. The van der Waals surface area contributed by atoms with E-state index in [4.69, 9.17) is 5.73 Å². The largest absolute Gasteiger partial charge is 0.508 e. The van der Waals surface area contributed by atoms with Gasteiger partial charge in [0.2, 0.25) is 0 Å². The Bertz CT molecular complexity index is 806. The van der Waals surface area contributed by atoms with Crippen molar-refractivity contribution < 1.29 is 5.11 Å². The van der Waals surface area contributed by atoms with Gasteiger partial charge in [-0.3, -0.25) is 0 Å². The third-order valence-corrected chi connectivity index (χ3v) is 4.37. The van der Waals surface area contributed by atoms with Gasteiger partial charge in [0.05, 0.1) is 12.0 Å². The summed E-state index contributed by atoms with van der Waals surface area (Å²) in [6.45, 7) is 4.48. The molecule has 0 spiro atoms. The van der Waals surface area contributed by atoms with Crippen molar-refractivity contribution in [2.75, 3.05) is 0 Å². The van der Waals surface area contributed by atoms with Crippen molar-refractivity contribution in [2.45, 2.75) is 19.4 Å². The van der Waals surface area contributed by atoms with E-state index in [0.29, 0.717) is 18.7 Å². The fourth-order valence-corrected chi connectivity index (χ4v) is 3.26. The second-order valence-corrected chi connectivity index (χ2v) is 6.36. The van der Waals surface area contributed by atoms with Crippen molar-refractivity contribution >= 4 is 11.3 Å². The zero-order valence-electron chi connectivity index (χ0n) is 12.8. The number of rotatable bonds is 6. The average Bonchev–Trinajstić information content (AvgIpc) is 3.12. The Morgan fingerprint density at radius 3 is 2.87 bits per heavy atom. The smallest absolute Gasteiger partial charge is 0.115 e. The molecule has 0 aliphatic rings. The zero-order chi connectivity index (χ0) is 16.2. The lowest BCUT2D eigenvalue weighted by molar-refractivity contribution is 0.474. The quantitative estimate of drug-likeness (QED) is 0.731. The first-order chi connectivity index (χ1) is 11.1. The molecule has 3 aromatic rings. The van der Waals surface area contributed by atoms with Crippen LogP contribution >= 0.6 is 11.3 Å². The number of allylic oxidation sites excluding steroid dienone is 1. The molecule has 2 aromatic heterocycles. The molecule has 0 fully saturated rings. The molecule has 0 bridgehead atoms. The summed E-state index contributed by atoms with van der Waals surface area (Å²) in [6, 6.07) is 9.37. The number of thiophene rings is 1. The number of phenolic OH excluding ortho intramolecular Hbond substituents is 1. The van der Waals surface area contributed by atoms with E-state index < -0.39 is 0 Å². The summed E-state index contributed by atoms with van der Waals surface area (Å²) in [6.07, 6.45) is 3.22. The number of phenols is 1. The summed E-state index contributed by atoms with van der Waals surface area (Å²) >= 11 is 1.69. The van der Waals surface area contributed by atoms with E-state index in [1.165, 1.54) is 5.56 Å². The van der Waals surface area contributed by atoms with Gasteiger partial charge in [-0.15, -0.1) is 0 Å². The van der Waals surface area contributed by atoms with Gasteiger partial charge in [-0.25, -0.2) is 4.98 Å². The molecular formula is C18H19N3OS. The topological polar surface area (TPSA) is 64.1 Å². The molecule has 3 rings (SSSR count). The molecule has 5 heteroatoms. The lowest BCUT2D eigenvalue weighted by atomic mass is 10.1. The number of aromatic nitrogens is 2. The predicted octanol–water partition coefficient (Wildman–Crippen LogP) is 3.30. The summed E-state index contributed by atoms with van der Waals surface area (Å²) < 4.78 is 2.08. The Kier molecular flexibility index (Phi) is 4.48. The Labute approximate surface area is 139 Å². The molecule has 0 aliphatic heterocycles. The van der Waals surface area contributed by atoms with Crippen molar-refractivity contribution in [3.8, 4) is 5.75 Å². The minimum Gasteiger partial charge on any atom is -0.508 e. The van der Waals surface area contributed by atoms with Crippen LogP contribution in [0.4, 0.5) is 0 Å². The van der Waals surface area contributed by atoms with Crippen LogP contribution < -0.4 is 5.73 Å². The van der Waals surface area contributed by atoms with Gasteiger partial charge in [-0.2, -0.15) is 11.3 Å². The standard InChI is InChI=1S/C18H19N3OS/c1-13(19)7-18-17(9-15-5-6-23-11-15)20-12-21(18)10-14-3-2-4-16(22)8-14/h2-6,8,11-12,22H,1,7,9-10,19H2. The van der Waals surface area contributed by atoms with Gasteiger partial charge in [-0.1, -0.05) is 18.7 Å². The molecule has 2 heterocycles. The summed E-state index contributed by atoms with van der Waals surface area (Å²) in [4.78, 5) is 4.57. The first-order valence-corrected chi connectivity index (χ1v) is 8.31. The molecule has 0 unspecified atom stereocenters. The maximum atomic E-state index is 9.62. The fourth-order valence-electron chi connectivity index (χ4n) is 2.59. The SMILES string of the molecule is C=C(N)Cc1c(Cc2ccsc2)ncn1Cc1cccc(O)c1. The Morgan fingerprint density at radius 1 is 1.30 bits per heavy atom. The molecule has 0 amide bonds. The van der Waals surface area contributed by atoms with Gasteiger partial charge in [0.25, 0.3) is 0 Å². The number of benzene rings is 1. The third kappa shape index (κ3) is 3.81. The number of hydrogen-bond acceptors (Lipinski definition) is 4. The molecule has 3 N–H and O–H groups in total. The van der Waals surface area contributed by atoms with Crippen molar-refractivity contribution in [3.05, 3.63) is 82.2 Å². The van der Waals surface area contributed by atoms with Gasteiger partial charge >= 0.3 is 0 Å². The molecule has 23 heavy (non-hydrogen) atoms. The monoisotopic (exact) mass is 325 g/mol. The van der Waals surface area contributed by atoms with E-state index in [0.717, 1.165) is 23.4 Å². The summed E-state index contributed by atoms with van der Waals surface area (Å²) in [5.41, 5.74) is 10.8. The minimum absolute atomic E-state index is 0.269. The molecule has 0 radical (unpaired) electrons. The van der Waals surface area contributed by atoms with Crippen LogP contribution in [0.25, 0.3) is 0 Å².